The first-order valence-corrected chi connectivity index (χ1v) is 5.66. The molecule has 1 rings (SSSR count). The molecule has 13 heavy (non-hydrogen) atoms. The molecule has 0 bridgehead atoms. The van der Waals surface area contributed by atoms with Crippen molar-refractivity contribution in [2.24, 2.45) is 10.2 Å². The Kier molecular flexibility index (Phi) is 3.48. The van der Waals surface area contributed by atoms with Gasteiger partial charge in [0.25, 0.3) is 7.58 Å². The maximum absolute atomic E-state index is 5.84. The van der Waals surface area contributed by atoms with Crippen molar-refractivity contribution >= 4 is 7.58 Å². The van der Waals surface area contributed by atoms with Gasteiger partial charge in [0.05, 0.1) is 0 Å². The molecule has 0 fully saturated rings. The van der Waals surface area contributed by atoms with E-state index in [0.717, 1.165) is 5.75 Å². The van der Waals surface area contributed by atoms with E-state index in [1.807, 2.05) is 30.3 Å². The summed E-state index contributed by atoms with van der Waals surface area (Å²) < 4.78 is 9.50. The minimum Gasteiger partial charge on any atom is -0.436 e. The zero-order valence-electron chi connectivity index (χ0n) is 7.77. The van der Waals surface area contributed by atoms with Gasteiger partial charge in [-0.1, -0.05) is 18.2 Å². The molecule has 0 radical (unpaired) electrons. The fraction of sp³-hybridized carbons (Fsp3) is 0.250. The van der Waals surface area contributed by atoms with Crippen molar-refractivity contribution in [3.05, 3.63) is 30.3 Å². The van der Waals surface area contributed by atoms with E-state index >= 15 is 0 Å². The van der Waals surface area contributed by atoms with Crippen molar-refractivity contribution in [2.45, 2.75) is 0 Å². The molecule has 3 N–H and O–H groups in total. The molecule has 0 amide bonds. The summed E-state index contributed by atoms with van der Waals surface area (Å²) in [4.78, 5) is 0. The summed E-state index contributed by atoms with van der Waals surface area (Å²) in [5.74, 6) is 0.735. The van der Waals surface area contributed by atoms with Crippen molar-refractivity contribution in [1.82, 2.24) is 5.09 Å². The largest absolute Gasteiger partial charge is 0.436 e. The predicted molar refractivity (Wildman–Crippen MR) is 55.6 cm³/mol. The van der Waals surface area contributed by atoms with E-state index in [2.05, 4.69) is 9.83 Å². The van der Waals surface area contributed by atoms with Crippen molar-refractivity contribution in [1.29, 1.82) is 0 Å². The summed E-state index contributed by atoms with van der Waals surface area (Å²) in [6.07, 6.45) is 0. The van der Waals surface area contributed by atoms with Crippen LogP contribution in [0.15, 0.2) is 35.1 Å². The monoisotopic (exact) mass is 199 g/mol. The Morgan fingerprint density at radius 3 is 2.46 bits per heavy atom. The molecule has 0 spiro atoms. The predicted octanol–water partition coefficient (Wildman–Crippen LogP) is 1.82. The van der Waals surface area contributed by atoms with Crippen LogP contribution in [0.5, 0.6) is 5.75 Å². The van der Waals surface area contributed by atoms with Crippen LogP contribution in [0.3, 0.4) is 0 Å². The van der Waals surface area contributed by atoms with Gasteiger partial charge in [0.1, 0.15) is 5.75 Å². The lowest BCUT2D eigenvalue weighted by atomic mass is 10.3. The number of nitrogens with two attached hydrogens (primary N) is 1. The maximum Gasteiger partial charge on any atom is 0.270 e. The van der Waals surface area contributed by atoms with Gasteiger partial charge in [0.15, 0.2) is 0 Å². The Labute approximate surface area is 78.4 Å². The van der Waals surface area contributed by atoms with Crippen LogP contribution in [0, 0.1) is 0 Å². The van der Waals surface area contributed by atoms with Crippen LogP contribution >= 0.6 is 7.58 Å². The van der Waals surface area contributed by atoms with Gasteiger partial charge in [-0.05, 0) is 19.2 Å². The van der Waals surface area contributed by atoms with Crippen molar-refractivity contribution in [2.75, 3.05) is 14.1 Å². The van der Waals surface area contributed by atoms with Gasteiger partial charge < -0.3 is 4.52 Å². The maximum atomic E-state index is 5.84. The van der Waals surface area contributed by atoms with Crippen LogP contribution in [0.25, 0.3) is 0 Å². The van der Waals surface area contributed by atoms with E-state index < -0.39 is 7.58 Å². The minimum atomic E-state index is -2.28. The molecule has 0 aromatic heterocycles. The van der Waals surface area contributed by atoms with Gasteiger partial charge in [-0.15, -0.1) is 0 Å². The third-order valence-electron chi connectivity index (χ3n) is 1.61. The van der Waals surface area contributed by atoms with E-state index in [1.165, 1.54) is 0 Å². The first-order chi connectivity index (χ1) is 6.20. The molecule has 1 aromatic rings. The molecule has 72 valence electrons. The smallest absolute Gasteiger partial charge is 0.270 e. The molecule has 1 atom stereocenters. The molecule has 4 nitrogen and oxygen atoms in total. The van der Waals surface area contributed by atoms with E-state index in [0.29, 0.717) is 0 Å². The molecule has 5 heteroatoms. The summed E-state index contributed by atoms with van der Waals surface area (Å²) in [6.45, 7) is 0. The van der Waals surface area contributed by atoms with Crippen LogP contribution in [0.4, 0.5) is 0 Å². The zero-order valence-corrected chi connectivity index (χ0v) is 8.66. The fourth-order valence-corrected chi connectivity index (χ4v) is 1.64. The molecule has 0 saturated heterocycles. The highest BCUT2D eigenvalue weighted by atomic mass is 31.2. The molecule has 0 aliphatic carbocycles. The second-order valence-corrected chi connectivity index (χ2v) is 4.73. The second-order valence-electron chi connectivity index (χ2n) is 2.45. The number of hydrogen-bond donors (Lipinski definition) is 2. The van der Waals surface area contributed by atoms with Crippen LogP contribution < -0.4 is 15.1 Å². The summed E-state index contributed by atoms with van der Waals surface area (Å²) in [5.41, 5.74) is 5.84. The van der Waals surface area contributed by atoms with Gasteiger partial charge in [0, 0.05) is 7.05 Å². The summed E-state index contributed by atoms with van der Waals surface area (Å²) in [5, 5.41) is 2.88. The van der Waals surface area contributed by atoms with Gasteiger partial charge in [-0.25, -0.2) is 9.83 Å². The van der Waals surface area contributed by atoms with Gasteiger partial charge in [0.2, 0.25) is 0 Å². The highest BCUT2D eigenvalue weighted by Gasteiger charge is 2.10. The summed E-state index contributed by atoms with van der Waals surface area (Å²) >= 11 is 0. The molecule has 1 unspecified atom stereocenters. The Hall–Kier alpha value is -0.830. The number of nitrogens with one attached hydrogen (secondary N) is 1. The Bertz CT molecular complexity index is 312. The number of para-hydroxylation sites is 1. The second kappa shape index (κ2) is 4.42. The molecule has 0 saturated carbocycles. The molecule has 0 heterocycles. The molecular formula is C8H14N3OP. The minimum absolute atomic E-state index is 0.735. The number of nitrogens with zero attached hydrogens (tertiary/aromatic N) is 1. The third kappa shape index (κ3) is 2.84. The van der Waals surface area contributed by atoms with Crippen LogP contribution in [0.1, 0.15) is 0 Å². The molecular weight excluding hydrogens is 185 g/mol. The third-order valence-corrected chi connectivity index (χ3v) is 3.33. The average molecular weight is 199 g/mol. The zero-order chi connectivity index (χ0) is 9.73. The lowest BCUT2D eigenvalue weighted by Gasteiger charge is -2.18. The van der Waals surface area contributed by atoms with Crippen molar-refractivity contribution in [3.63, 3.8) is 0 Å². The highest BCUT2D eigenvalue weighted by Crippen LogP contribution is 2.36. The van der Waals surface area contributed by atoms with Gasteiger partial charge in [-0.3, -0.25) is 5.50 Å². The van der Waals surface area contributed by atoms with Crippen molar-refractivity contribution in [3.8, 4) is 5.75 Å². The first kappa shape index (κ1) is 10.3. The Morgan fingerprint density at radius 2 is 2.00 bits per heavy atom. The summed E-state index contributed by atoms with van der Waals surface area (Å²) in [6, 6.07) is 9.41. The molecule has 0 aliphatic heterocycles. The number of hydrogen-bond acceptors (Lipinski definition) is 2. The van der Waals surface area contributed by atoms with E-state index in [9.17, 15) is 0 Å². The lowest BCUT2D eigenvalue weighted by molar-refractivity contribution is 0.592. The first-order valence-electron chi connectivity index (χ1n) is 3.93. The van der Waals surface area contributed by atoms with E-state index in [4.69, 9.17) is 10.0 Å². The summed E-state index contributed by atoms with van der Waals surface area (Å²) in [7, 11) is 1.11. The lowest BCUT2D eigenvalue weighted by Crippen LogP contribution is -2.16. The van der Waals surface area contributed by atoms with E-state index in [1.54, 1.807) is 14.1 Å². The molecule has 0 aliphatic rings. The average Bonchev–Trinajstić information content (AvgIpc) is 2.19. The Balaban J connectivity index is 2.80. The van der Waals surface area contributed by atoms with E-state index in [-0.39, 0.29) is 0 Å². The van der Waals surface area contributed by atoms with Gasteiger partial charge >= 0.3 is 0 Å². The van der Waals surface area contributed by atoms with Crippen LogP contribution in [-0.2, 0) is 0 Å². The Morgan fingerprint density at radius 1 is 1.38 bits per heavy atom. The van der Waals surface area contributed by atoms with Crippen LogP contribution in [-0.4, -0.2) is 14.1 Å². The number of benzene rings is 1. The number of rotatable bonds is 3. The topological polar surface area (TPSA) is 59.6 Å². The van der Waals surface area contributed by atoms with Crippen LogP contribution in [0.2, 0.25) is 0 Å². The quantitative estimate of drug-likeness (QED) is 0.730. The highest BCUT2D eigenvalue weighted by molar-refractivity contribution is 7.57. The molecule has 1 aromatic carbocycles. The normalized spacial score (nSPS) is 14.7. The SMILES string of the molecule is CN=P(N)(NC)Oc1ccccc1. The van der Waals surface area contributed by atoms with Crippen molar-refractivity contribution < 1.29 is 4.52 Å². The standard InChI is InChI=1S/C8H14N3OP/c1-10-13(9,11-2)12-8-6-4-3-5-7-8/h3-7,10H,9H2,1-2H3. The van der Waals surface area contributed by atoms with Gasteiger partial charge in [-0.2, -0.15) is 0 Å². The fourth-order valence-electron chi connectivity index (χ4n) is 0.829.